The van der Waals surface area contributed by atoms with Crippen molar-refractivity contribution in [3.63, 3.8) is 0 Å². The van der Waals surface area contributed by atoms with Gasteiger partial charge in [0.25, 0.3) is 0 Å². The lowest BCUT2D eigenvalue weighted by Gasteiger charge is -2.26. The zero-order chi connectivity index (χ0) is 20.6. The van der Waals surface area contributed by atoms with Crippen molar-refractivity contribution in [3.05, 3.63) is 65.7 Å². The second kappa shape index (κ2) is 9.29. The average Bonchev–Trinajstić information content (AvgIpc) is 2.65. The van der Waals surface area contributed by atoms with E-state index >= 15 is 0 Å². The highest BCUT2D eigenvalue weighted by Crippen LogP contribution is 2.29. The van der Waals surface area contributed by atoms with E-state index in [1.54, 1.807) is 30.3 Å². The van der Waals surface area contributed by atoms with Crippen molar-refractivity contribution in [3.8, 4) is 17.6 Å². The summed E-state index contributed by atoms with van der Waals surface area (Å²) in [5.41, 5.74) is -0.489. The van der Waals surface area contributed by atoms with Crippen LogP contribution in [-0.2, 0) is 15.7 Å². The fourth-order valence-electron chi connectivity index (χ4n) is 2.21. The molecular formula is C21H19F3O4. The summed E-state index contributed by atoms with van der Waals surface area (Å²) in [5.74, 6) is 2.66. The molecule has 28 heavy (non-hydrogen) atoms. The number of carbonyl (C=O) groups is 1. The van der Waals surface area contributed by atoms with E-state index in [9.17, 15) is 23.1 Å². The maximum absolute atomic E-state index is 12.7. The van der Waals surface area contributed by atoms with E-state index in [1.165, 1.54) is 19.1 Å². The van der Waals surface area contributed by atoms with Gasteiger partial charge in [0.05, 0.1) is 12.2 Å². The van der Waals surface area contributed by atoms with Crippen LogP contribution < -0.4 is 4.74 Å². The van der Waals surface area contributed by atoms with Crippen LogP contribution in [0, 0.1) is 11.8 Å². The Kier molecular flexibility index (Phi) is 7.07. The van der Waals surface area contributed by atoms with Gasteiger partial charge in [0.15, 0.2) is 0 Å². The van der Waals surface area contributed by atoms with Gasteiger partial charge in [-0.15, -0.1) is 0 Å². The van der Waals surface area contributed by atoms with Gasteiger partial charge < -0.3 is 14.6 Å². The molecule has 7 heteroatoms. The second-order valence-corrected chi connectivity index (χ2v) is 6.00. The number of alkyl halides is 3. The van der Waals surface area contributed by atoms with Crippen molar-refractivity contribution in [2.45, 2.75) is 31.7 Å². The number of rotatable bonds is 7. The molecule has 4 nitrogen and oxygen atoms in total. The lowest BCUT2D eigenvalue weighted by Crippen LogP contribution is -2.44. The van der Waals surface area contributed by atoms with Gasteiger partial charge in [-0.25, -0.2) is 4.79 Å². The standard InChI is InChI=1S/C21H19F3O4/c1-20(19(25)26,28-18-12-5-2-6-13-18)27-14-7-3-4-9-16-10-8-11-17(15-16)21(22,23)24/h2,5-6,8,10-13,15H,3,7,14H2,1H3,(H,25,26). The van der Waals surface area contributed by atoms with Crippen LogP contribution in [0.15, 0.2) is 54.6 Å². The fourth-order valence-corrected chi connectivity index (χ4v) is 2.21. The Morgan fingerprint density at radius 3 is 2.46 bits per heavy atom. The molecule has 1 unspecified atom stereocenters. The number of para-hydroxylation sites is 1. The highest BCUT2D eigenvalue weighted by Gasteiger charge is 2.37. The minimum atomic E-state index is -4.41. The summed E-state index contributed by atoms with van der Waals surface area (Å²) in [5, 5.41) is 9.37. The Balaban J connectivity index is 1.86. The molecule has 0 bridgehead atoms. The maximum Gasteiger partial charge on any atom is 0.416 e. The first-order valence-electron chi connectivity index (χ1n) is 8.48. The molecule has 0 aliphatic heterocycles. The third-order valence-corrected chi connectivity index (χ3v) is 3.69. The van der Waals surface area contributed by atoms with Gasteiger partial charge in [-0.2, -0.15) is 13.2 Å². The van der Waals surface area contributed by atoms with E-state index in [-0.39, 0.29) is 12.2 Å². The zero-order valence-corrected chi connectivity index (χ0v) is 15.1. The normalized spacial score (nSPS) is 13.1. The van der Waals surface area contributed by atoms with Crippen LogP contribution in [0.2, 0.25) is 0 Å². The molecule has 0 radical (unpaired) electrons. The molecule has 2 aromatic rings. The summed E-state index contributed by atoms with van der Waals surface area (Å²) < 4.78 is 48.8. The van der Waals surface area contributed by atoms with Crippen molar-refractivity contribution in [2.24, 2.45) is 0 Å². The van der Waals surface area contributed by atoms with E-state index in [2.05, 4.69) is 11.8 Å². The summed E-state index contributed by atoms with van der Waals surface area (Å²) in [7, 11) is 0. The molecule has 0 spiro atoms. The molecule has 0 aliphatic carbocycles. The molecular weight excluding hydrogens is 373 g/mol. The van der Waals surface area contributed by atoms with Crippen LogP contribution in [0.4, 0.5) is 13.2 Å². The van der Waals surface area contributed by atoms with Crippen LogP contribution in [0.25, 0.3) is 0 Å². The molecule has 0 fully saturated rings. The lowest BCUT2D eigenvalue weighted by molar-refractivity contribution is -0.205. The van der Waals surface area contributed by atoms with Crippen molar-refractivity contribution in [2.75, 3.05) is 6.61 Å². The summed E-state index contributed by atoms with van der Waals surface area (Å²) in [6.07, 6.45) is -3.68. The molecule has 148 valence electrons. The van der Waals surface area contributed by atoms with E-state index in [0.29, 0.717) is 18.6 Å². The number of carboxylic acid groups (broad SMARTS) is 1. The van der Waals surface area contributed by atoms with Gasteiger partial charge in [-0.05, 0) is 36.8 Å². The topological polar surface area (TPSA) is 55.8 Å². The highest BCUT2D eigenvalue weighted by molar-refractivity contribution is 5.75. The fraction of sp³-hybridized carbons (Fsp3) is 0.286. The number of hydrogen-bond donors (Lipinski definition) is 1. The number of unbranched alkanes of at least 4 members (excludes halogenated alkanes) is 1. The molecule has 1 atom stereocenters. The van der Waals surface area contributed by atoms with Crippen molar-refractivity contribution in [1.29, 1.82) is 0 Å². The van der Waals surface area contributed by atoms with E-state index < -0.39 is 23.5 Å². The Hall–Kier alpha value is -2.98. The molecule has 0 aromatic heterocycles. The molecule has 2 rings (SSSR count). The van der Waals surface area contributed by atoms with Gasteiger partial charge in [0.2, 0.25) is 0 Å². The first kappa shape index (κ1) is 21.3. The SMILES string of the molecule is CC(OCCCC#Cc1cccc(C(F)(F)F)c1)(Oc1ccccc1)C(=O)O. The minimum Gasteiger partial charge on any atom is -0.476 e. The number of carboxylic acids is 1. The van der Waals surface area contributed by atoms with Gasteiger partial charge in [0, 0.05) is 18.9 Å². The van der Waals surface area contributed by atoms with Crippen LogP contribution in [-0.4, -0.2) is 23.5 Å². The van der Waals surface area contributed by atoms with Gasteiger partial charge >= 0.3 is 17.9 Å². The van der Waals surface area contributed by atoms with Crippen LogP contribution in [0.5, 0.6) is 5.75 Å². The van der Waals surface area contributed by atoms with Gasteiger partial charge in [0.1, 0.15) is 5.75 Å². The Labute approximate surface area is 160 Å². The van der Waals surface area contributed by atoms with Gasteiger partial charge in [-0.3, -0.25) is 0 Å². The molecule has 2 aromatic carbocycles. The summed E-state index contributed by atoms with van der Waals surface area (Å²) in [6.45, 7) is 1.36. The zero-order valence-electron chi connectivity index (χ0n) is 15.1. The first-order chi connectivity index (χ1) is 13.2. The lowest BCUT2D eigenvalue weighted by atomic mass is 10.1. The Morgan fingerprint density at radius 2 is 1.82 bits per heavy atom. The van der Waals surface area contributed by atoms with Crippen molar-refractivity contribution in [1.82, 2.24) is 0 Å². The largest absolute Gasteiger partial charge is 0.476 e. The van der Waals surface area contributed by atoms with E-state index in [1.807, 2.05) is 0 Å². The molecule has 0 heterocycles. The predicted octanol–water partition coefficient (Wildman–Crippen LogP) is 4.73. The number of hydrogen-bond acceptors (Lipinski definition) is 3. The quantitative estimate of drug-likeness (QED) is 0.420. The number of aliphatic carboxylic acids is 1. The Bertz CT molecular complexity index is 853. The third-order valence-electron chi connectivity index (χ3n) is 3.69. The molecule has 0 saturated heterocycles. The molecule has 1 N–H and O–H groups in total. The second-order valence-electron chi connectivity index (χ2n) is 6.00. The summed E-state index contributed by atoms with van der Waals surface area (Å²) in [4.78, 5) is 11.5. The van der Waals surface area contributed by atoms with Crippen molar-refractivity contribution < 1.29 is 32.5 Å². The average molecular weight is 392 g/mol. The van der Waals surface area contributed by atoms with Gasteiger partial charge in [-0.1, -0.05) is 36.1 Å². The highest BCUT2D eigenvalue weighted by atomic mass is 19.4. The maximum atomic E-state index is 12.7. The Morgan fingerprint density at radius 1 is 1.11 bits per heavy atom. The molecule has 0 amide bonds. The third kappa shape index (κ3) is 6.32. The smallest absolute Gasteiger partial charge is 0.416 e. The molecule has 0 aliphatic rings. The number of halogens is 3. The van der Waals surface area contributed by atoms with Crippen LogP contribution >= 0.6 is 0 Å². The monoisotopic (exact) mass is 392 g/mol. The first-order valence-corrected chi connectivity index (χ1v) is 8.48. The van der Waals surface area contributed by atoms with E-state index in [0.717, 1.165) is 12.1 Å². The minimum absolute atomic E-state index is 0.0624. The number of benzene rings is 2. The summed E-state index contributed by atoms with van der Waals surface area (Å²) in [6, 6.07) is 13.2. The number of ether oxygens (including phenoxy) is 2. The summed E-state index contributed by atoms with van der Waals surface area (Å²) >= 11 is 0. The molecule has 0 saturated carbocycles. The van der Waals surface area contributed by atoms with Crippen molar-refractivity contribution >= 4 is 5.97 Å². The predicted molar refractivity (Wildman–Crippen MR) is 96.6 cm³/mol. The van der Waals surface area contributed by atoms with Crippen LogP contribution in [0.3, 0.4) is 0 Å². The van der Waals surface area contributed by atoms with E-state index in [4.69, 9.17) is 9.47 Å². The van der Waals surface area contributed by atoms with Crippen LogP contribution in [0.1, 0.15) is 30.9 Å².